The van der Waals surface area contributed by atoms with Crippen LogP contribution in [0.3, 0.4) is 0 Å². The Kier molecular flexibility index (Phi) is 4.55. The molecule has 1 aliphatic rings. The monoisotopic (exact) mass is 250 g/mol. The molecule has 0 fully saturated rings. The van der Waals surface area contributed by atoms with Crippen LogP contribution in [-0.2, 0) is 19.5 Å². The molecule has 0 aliphatic carbocycles. The lowest BCUT2D eigenvalue weighted by Crippen LogP contribution is -2.37. The van der Waals surface area contributed by atoms with Crippen LogP contribution in [0.25, 0.3) is 0 Å². The average molecular weight is 250 g/mol. The predicted molar refractivity (Wildman–Crippen MR) is 71.5 cm³/mol. The number of aromatic nitrogens is 3. The molecule has 6 nitrogen and oxygen atoms in total. The van der Waals surface area contributed by atoms with Crippen molar-refractivity contribution in [2.45, 2.75) is 46.2 Å². The summed E-state index contributed by atoms with van der Waals surface area (Å²) >= 11 is 0. The second-order valence-corrected chi connectivity index (χ2v) is 4.37. The summed E-state index contributed by atoms with van der Waals surface area (Å²) in [5.41, 5.74) is 0. The molecule has 0 amide bonds. The molecule has 2 N–H and O–H groups in total. The zero-order valence-corrected chi connectivity index (χ0v) is 11.2. The Labute approximate surface area is 108 Å². The third-order valence-corrected chi connectivity index (χ3v) is 3.00. The van der Waals surface area contributed by atoms with Crippen LogP contribution in [0.1, 0.15) is 38.3 Å². The van der Waals surface area contributed by atoms with Crippen LogP contribution in [0.2, 0.25) is 0 Å². The Balaban J connectivity index is 2.04. The Morgan fingerprint density at radius 3 is 2.72 bits per heavy atom. The van der Waals surface area contributed by atoms with Gasteiger partial charge in [-0.25, -0.2) is 4.99 Å². The minimum Gasteiger partial charge on any atom is -0.357 e. The van der Waals surface area contributed by atoms with Crippen molar-refractivity contribution in [1.82, 2.24) is 25.4 Å². The predicted octanol–water partition coefficient (Wildman–Crippen LogP) is 0.689. The van der Waals surface area contributed by atoms with Crippen LogP contribution >= 0.6 is 0 Å². The summed E-state index contributed by atoms with van der Waals surface area (Å²) in [6.07, 6.45) is 3.49. The lowest BCUT2D eigenvalue weighted by molar-refractivity contribution is 0.508. The second-order valence-electron chi connectivity index (χ2n) is 4.37. The first-order valence-electron chi connectivity index (χ1n) is 6.78. The Bertz CT molecular complexity index is 401. The average Bonchev–Trinajstić information content (AvgIpc) is 2.80. The third kappa shape index (κ3) is 3.00. The van der Waals surface area contributed by atoms with E-state index in [2.05, 4.69) is 44.2 Å². The van der Waals surface area contributed by atoms with Gasteiger partial charge in [-0.15, -0.1) is 10.2 Å². The molecular weight excluding hydrogens is 228 g/mol. The number of nitrogens with zero attached hydrogens (tertiary/aromatic N) is 4. The van der Waals surface area contributed by atoms with Gasteiger partial charge < -0.3 is 15.2 Å². The maximum atomic E-state index is 4.52. The smallest absolute Gasteiger partial charge is 0.191 e. The number of aryl methyl sites for hydroxylation is 1. The van der Waals surface area contributed by atoms with Gasteiger partial charge in [0.2, 0.25) is 0 Å². The lowest BCUT2D eigenvalue weighted by Gasteiger charge is -2.14. The minimum absolute atomic E-state index is 0.586. The molecule has 100 valence electrons. The molecule has 1 aliphatic heterocycles. The lowest BCUT2D eigenvalue weighted by atomic mass is 10.2. The first-order valence-corrected chi connectivity index (χ1v) is 6.78. The number of fused-ring (bicyclic) bond motifs is 1. The van der Waals surface area contributed by atoms with E-state index in [-0.39, 0.29) is 0 Å². The van der Waals surface area contributed by atoms with E-state index in [9.17, 15) is 0 Å². The second kappa shape index (κ2) is 6.37. The van der Waals surface area contributed by atoms with Crippen molar-refractivity contribution in [1.29, 1.82) is 0 Å². The molecule has 0 saturated heterocycles. The van der Waals surface area contributed by atoms with E-state index < -0.39 is 0 Å². The Hall–Kier alpha value is -1.59. The first kappa shape index (κ1) is 12.9. The van der Waals surface area contributed by atoms with Crippen molar-refractivity contribution in [3.8, 4) is 0 Å². The van der Waals surface area contributed by atoms with Gasteiger partial charge in [-0.3, -0.25) is 0 Å². The Morgan fingerprint density at radius 2 is 2.00 bits per heavy atom. The van der Waals surface area contributed by atoms with Crippen LogP contribution in [0, 0.1) is 0 Å². The topological polar surface area (TPSA) is 67.1 Å². The largest absolute Gasteiger partial charge is 0.357 e. The summed E-state index contributed by atoms with van der Waals surface area (Å²) in [5, 5.41) is 14.9. The van der Waals surface area contributed by atoms with Gasteiger partial charge in [0.1, 0.15) is 12.4 Å². The van der Waals surface area contributed by atoms with Crippen molar-refractivity contribution < 1.29 is 0 Å². The molecule has 2 heterocycles. The number of aliphatic imine (C=N–C) groups is 1. The standard InChI is InChI=1S/C12H22N6/c1-3-13-12(14-4-2)15-9-11-17-16-10-7-5-6-8-18(10)11/h3-9H2,1-2H3,(H2,13,14,15). The molecule has 2 rings (SSSR count). The maximum absolute atomic E-state index is 4.52. The van der Waals surface area contributed by atoms with E-state index in [0.29, 0.717) is 6.54 Å². The molecule has 0 spiro atoms. The Morgan fingerprint density at radius 1 is 1.22 bits per heavy atom. The number of rotatable bonds is 4. The van der Waals surface area contributed by atoms with Crippen molar-refractivity contribution >= 4 is 5.96 Å². The summed E-state index contributed by atoms with van der Waals surface area (Å²) in [7, 11) is 0. The molecule has 0 aromatic carbocycles. The van der Waals surface area contributed by atoms with E-state index in [4.69, 9.17) is 0 Å². The van der Waals surface area contributed by atoms with Crippen LogP contribution in [0.15, 0.2) is 4.99 Å². The molecule has 1 aromatic heterocycles. The molecule has 0 atom stereocenters. The first-order chi connectivity index (χ1) is 8.85. The van der Waals surface area contributed by atoms with Crippen molar-refractivity contribution in [2.24, 2.45) is 4.99 Å². The highest BCUT2D eigenvalue weighted by molar-refractivity contribution is 5.79. The molecule has 0 radical (unpaired) electrons. The fourth-order valence-corrected chi connectivity index (χ4v) is 2.14. The molecular formula is C12H22N6. The van der Waals surface area contributed by atoms with E-state index >= 15 is 0 Å². The summed E-state index contributed by atoms with van der Waals surface area (Å²) in [6.45, 7) is 7.47. The van der Waals surface area contributed by atoms with Gasteiger partial charge in [-0.1, -0.05) is 0 Å². The molecule has 1 aromatic rings. The maximum Gasteiger partial charge on any atom is 0.191 e. The van der Waals surface area contributed by atoms with E-state index in [1.165, 1.54) is 12.8 Å². The number of guanidine groups is 1. The highest BCUT2D eigenvalue weighted by Gasteiger charge is 2.15. The van der Waals surface area contributed by atoms with Crippen LogP contribution < -0.4 is 10.6 Å². The highest BCUT2D eigenvalue weighted by atomic mass is 15.3. The summed E-state index contributed by atoms with van der Waals surface area (Å²) in [6, 6.07) is 0. The normalized spacial score (nSPS) is 13.9. The van der Waals surface area contributed by atoms with E-state index in [0.717, 1.165) is 43.7 Å². The van der Waals surface area contributed by atoms with Crippen LogP contribution in [-0.4, -0.2) is 33.8 Å². The SMILES string of the molecule is CCNC(=NCc1nnc2n1CCCC2)NCC. The summed E-state index contributed by atoms with van der Waals surface area (Å²) in [5.74, 6) is 2.92. The van der Waals surface area contributed by atoms with Gasteiger partial charge in [-0.2, -0.15) is 0 Å². The van der Waals surface area contributed by atoms with Crippen molar-refractivity contribution in [2.75, 3.05) is 13.1 Å². The van der Waals surface area contributed by atoms with Crippen LogP contribution in [0.5, 0.6) is 0 Å². The molecule has 18 heavy (non-hydrogen) atoms. The van der Waals surface area contributed by atoms with Crippen LogP contribution in [0.4, 0.5) is 0 Å². The minimum atomic E-state index is 0.586. The quantitative estimate of drug-likeness (QED) is 0.609. The number of hydrogen-bond acceptors (Lipinski definition) is 3. The molecule has 0 unspecified atom stereocenters. The highest BCUT2D eigenvalue weighted by Crippen LogP contribution is 2.14. The third-order valence-electron chi connectivity index (χ3n) is 3.00. The molecule has 6 heteroatoms. The zero-order chi connectivity index (χ0) is 12.8. The van der Waals surface area contributed by atoms with Gasteiger partial charge in [-0.05, 0) is 26.7 Å². The van der Waals surface area contributed by atoms with Gasteiger partial charge in [0.15, 0.2) is 11.8 Å². The number of nitrogens with one attached hydrogen (secondary N) is 2. The molecule has 0 saturated carbocycles. The molecule has 0 bridgehead atoms. The zero-order valence-electron chi connectivity index (χ0n) is 11.2. The van der Waals surface area contributed by atoms with E-state index in [1.807, 2.05) is 0 Å². The summed E-state index contributed by atoms with van der Waals surface area (Å²) in [4.78, 5) is 4.52. The van der Waals surface area contributed by atoms with Gasteiger partial charge in [0.25, 0.3) is 0 Å². The van der Waals surface area contributed by atoms with Gasteiger partial charge in [0.05, 0.1) is 0 Å². The van der Waals surface area contributed by atoms with Gasteiger partial charge >= 0.3 is 0 Å². The van der Waals surface area contributed by atoms with Gasteiger partial charge in [0, 0.05) is 26.1 Å². The fraction of sp³-hybridized carbons (Fsp3) is 0.750. The van der Waals surface area contributed by atoms with Crippen molar-refractivity contribution in [3.05, 3.63) is 11.6 Å². The van der Waals surface area contributed by atoms with E-state index in [1.54, 1.807) is 0 Å². The fourth-order valence-electron chi connectivity index (χ4n) is 2.14. The summed E-state index contributed by atoms with van der Waals surface area (Å²) < 4.78 is 2.21. The number of hydrogen-bond donors (Lipinski definition) is 2. The van der Waals surface area contributed by atoms with Crippen molar-refractivity contribution in [3.63, 3.8) is 0 Å².